The predicted molar refractivity (Wildman–Crippen MR) is 63.0 cm³/mol. The summed E-state index contributed by atoms with van der Waals surface area (Å²) in [7, 11) is 0. The van der Waals surface area contributed by atoms with Crippen molar-refractivity contribution in [1.82, 2.24) is 4.90 Å². The third-order valence-electron chi connectivity index (χ3n) is 2.72. The van der Waals surface area contributed by atoms with Crippen molar-refractivity contribution in [3.63, 3.8) is 0 Å². The molecule has 0 aliphatic rings. The smallest absolute Gasteiger partial charge is 0.306 e. The van der Waals surface area contributed by atoms with Gasteiger partial charge in [-0.1, -0.05) is 19.9 Å². The Morgan fingerprint density at radius 3 is 2.47 bits per heavy atom. The van der Waals surface area contributed by atoms with Crippen molar-refractivity contribution < 1.29 is 9.90 Å². The van der Waals surface area contributed by atoms with E-state index in [2.05, 4.69) is 25.3 Å². The molecule has 0 saturated carbocycles. The van der Waals surface area contributed by atoms with Crippen molar-refractivity contribution in [2.24, 2.45) is 5.92 Å². The zero-order valence-electron chi connectivity index (χ0n) is 9.91. The van der Waals surface area contributed by atoms with E-state index in [0.29, 0.717) is 6.42 Å². The Morgan fingerprint density at radius 1 is 1.47 bits per heavy atom. The standard InChI is InChI=1S/C12H23NO2/c1-4-8-11(12(14)15)9-7-10-13(5-2)6-3/h4,11H,1,5-10H2,2-3H3,(H,14,15)/t11-/m0/s1. The third kappa shape index (κ3) is 6.28. The predicted octanol–water partition coefficient (Wildman–Crippen LogP) is 2.39. The zero-order valence-corrected chi connectivity index (χ0v) is 9.91. The Kier molecular flexibility index (Phi) is 8.01. The topological polar surface area (TPSA) is 40.5 Å². The van der Waals surface area contributed by atoms with Gasteiger partial charge in [0.2, 0.25) is 0 Å². The molecule has 0 spiro atoms. The Morgan fingerprint density at radius 2 is 2.07 bits per heavy atom. The number of hydrogen-bond acceptors (Lipinski definition) is 2. The van der Waals surface area contributed by atoms with Gasteiger partial charge in [0, 0.05) is 0 Å². The summed E-state index contributed by atoms with van der Waals surface area (Å²) in [6.45, 7) is 10.9. The number of nitrogens with zero attached hydrogens (tertiary/aromatic N) is 1. The largest absolute Gasteiger partial charge is 0.481 e. The lowest BCUT2D eigenvalue weighted by Crippen LogP contribution is -2.25. The highest BCUT2D eigenvalue weighted by Crippen LogP contribution is 2.12. The maximum Gasteiger partial charge on any atom is 0.306 e. The summed E-state index contributed by atoms with van der Waals surface area (Å²) in [6.07, 6.45) is 3.97. The van der Waals surface area contributed by atoms with E-state index < -0.39 is 5.97 Å². The van der Waals surface area contributed by atoms with E-state index in [0.717, 1.165) is 32.5 Å². The molecule has 0 heterocycles. The fraction of sp³-hybridized carbons (Fsp3) is 0.750. The number of hydrogen-bond donors (Lipinski definition) is 1. The fourth-order valence-corrected chi connectivity index (χ4v) is 1.64. The highest BCUT2D eigenvalue weighted by molar-refractivity contribution is 5.70. The van der Waals surface area contributed by atoms with Crippen LogP contribution in [0.1, 0.15) is 33.1 Å². The summed E-state index contributed by atoms with van der Waals surface area (Å²) >= 11 is 0. The van der Waals surface area contributed by atoms with Crippen LogP contribution < -0.4 is 0 Å². The first-order valence-electron chi connectivity index (χ1n) is 5.71. The minimum atomic E-state index is -0.700. The molecule has 0 bridgehead atoms. The highest BCUT2D eigenvalue weighted by atomic mass is 16.4. The highest BCUT2D eigenvalue weighted by Gasteiger charge is 2.15. The van der Waals surface area contributed by atoms with Gasteiger partial charge in [-0.3, -0.25) is 4.79 Å². The van der Waals surface area contributed by atoms with Crippen molar-refractivity contribution in [3.8, 4) is 0 Å². The molecule has 0 aromatic heterocycles. The van der Waals surface area contributed by atoms with Gasteiger partial charge in [-0.25, -0.2) is 0 Å². The maximum absolute atomic E-state index is 10.8. The minimum Gasteiger partial charge on any atom is -0.481 e. The van der Waals surface area contributed by atoms with Crippen LogP contribution >= 0.6 is 0 Å². The van der Waals surface area contributed by atoms with Crippen LogP contribution in [0.4, 0.5) is 0 Å². The molecule has 1 N–H and O–H groups in total. The molecule has 3 nitrogen and oxygen atoms in total. The van der Waals surface area contributed by atoms with Crippen LogP contribution in [-0.2, 0) is 4.79 Å². The Labute approximate surface area is 92.8 Å². The second-order valence-corrected chi connectivity index (χ2v) is 3.73. The molecule has 0 rings (SSSR count). The van der Waals surface area contributed by atoms with Crippen LogP contribution in [0.3, 0.4) is 0 Å². The second kappa shape index (κ2) is 8.48. The van der Waals surface area contributed by atoms with E-state index >= 15 is 0 Å². The summed E-state index contributed by atoms with van der Waals surface area (Å²) in [5.41, 5.74) is 0. The Bertz CT molecular complexity index is 188. The Balaban J connectivity index is 3.79. The Hall–Kier alpha value is -0.830. The molecule has 15 heavy (non-hydrogen) atoms. The van der Waals surface area contributed by atoms with Crippen LogP contribution in [0.5, 0.6) is 0 Å². The van der Waals surface area contributed by atoms with Crippen molar-refractivity contribution in [1.29, 1.82) is 0 Å². The fourth-order valence-electron chi connectivity index (χ4n) is 1.64. The van der Waals surface area contributed by atoms with Crippen molar-refractivity contribution in [2.75, 3.05) is 19.6 Å². The number of rotatable bonds is 9. The van der Waals surface area contributed by atoms with Gasteiger partial charge in [-0.2, -0.15) is 0 Å². The van der Waals surface area contributed by atoms with Crippen molar-refractivity contribution in [2.45, 2.75) is 33.1 Å². The van der Waals surface area contributed by atoms with E-state index in [4.69, 9.17) is 5.11 Å². The first-order chi connectivity index (χ1) is 7.15. The third-order valence-corrected chi connectivity index (χ3v) is 2.72. The van der Waals surface area contributed by atoms with Gasteiger partial charge in [0.15, 0.2) is 0 Å². The van der Waals surface area contributed by atoms with Crippen LogP contribution in [-0.4, -0.2) is 35.6 Å². The van der Waals surface area contributed by atoms with Crippen LogP contribution in [0.2, 0.25) is 0 Å². The molecule has 0 unspecified atom stereocenters. The number of carboxylic acids is 1. The maximum atomic E-state index is 10.8. The van der Waals surface area contributed by atoms with E-state index in [1.165, 1.54) is 0 Å². The average molecular weight is 213 g/mol. The summed E-state index contributed by atoms with van der Waals surface area (Å²) in [5, 5.41) is 8.92. The molecule has 0 radical (unpaired) electrons. The minimum absolute atomic E-state index is 0.252. The first-order valence-corrected chi connectivity index (χ1v) is 5.71. The molecule has 1 atom stereocenters. The molecule has 0 aliphatic carbocycles. The summed E-state index contributed by atoms with van der Waals surface area (Å²) < 4.78 is 0. The molecule has 0 aliphatic heterocycles. The molecule has 0 aromatic rings. The van der Waals surface area contributed by atoms with Crippen LogP contribution in [0, 0.1) is 5.92 Å². The lowest BCUT2D eigenvalue weighted by Gasteiger charge is -2.18. The lowest BCUT2D eigenvalue weighted by molar-refractivity contribution is -0.141. The quantitative estimate of drug-likeness (QED) is 0.598. The second-order valence-electron chi connectivity index (χ2n) is 3.73. The molecule has 88 valence electrons. The summed E-state index contributed by atoms with van der Waals surface area (Å²) in [6, 6.07) is 0. The molecule has 0 fully saturated rings. The number of allylic oxidation sites excluding steroid dienone is 1. The van der Waals surface area contributed by atoms with E-state index in [-0.39, 0.29) is 5.92 Å². The van der Waals surface area contributed by atoms with Gasteiger partial charge < -0.3 is 10.0 Å². The SMILES string of the molecule is C=CC[C@@H](CCCN(CC)CC)C(=O)O. The zero-order chi connectivity index (χ0) is 11.7. The monoisotopic (exact) mass is 213 g/mol. The number of carboxylic acid groups (broad SMARTS) is 1. The van der Waals surface area contributed by atoms with Gasteiger partial charge in [-0.05, 0) is 38.9 Å². The van der Waals surface area contributed by atoms with E-state index in [1.807, 2.05) is 0 Å². The molecule has 0 aromatic carbocycles. The van der Waals surface area contributed by atoms with Crippen molar-refractivity contribution in [3.05, 3.63) is 12.7 Å². The van der Waals surface area contributed by atoms with Gasteiger partial charge in [0.1, 0.15) is 0 Å². The van der Waals surface area contributed by atoms with Gasteiger partial charge >= 0.3 is 5.97 Å². The van der Waals surface area contributed by atoms with E-state index in [1.54, 1.807) is 6.08 Å². The van der Waals surface area contributed by atoms with Crippen LogP contribution in [0.15, 0.2) is 12.7 Å². The van der Waals surface area contributed by atoms with Gasteiger partial charge in [-0.15, -0.1) is 6.58 Å². The van der Waals surface area contributed by atoms with E-state index in [9.17, 15) is 4.79 Å². The summed E-state index contributed by atoms with van der Waals surface area (Å²) in [5.74, 6) is -0.951. The summed E-state index contributed by atoms with van der Waals surface area (Å²) in [4.78, 5) is 13.2. The molecular weight excluding hydrogens is 190 g/mol. The molecule has 0 amide bonds. The first kappa shape index (κ1) is 14.2. The number of aliphatic carboxylic acids is 1. The van der Waals surface area contributed by atoms with Gasteiger partial charge in [0.25, 0.3) is 0 Å². The van der Waals surface area contributed by atoms with Crippen LogP contribution in [0.25, 0.3) is 0 Å². The molecule has 0 saturated heterocycles. The number of carbonyl (C=O) groups is 1. The average Bonchev–Trinajstić information content (AvgIpc) is 2.22. The lowest BCUT2D eigenvalue weighted by atomic mass is 9.99. The molecular formula is C12H23NO2. The molecule has 3 heteroatoms. The normalized spacial score (nSPS) is 12.7. The van der Waals surface area contributed by atoms with Crippen molar-refractivity contribution >= 4 is 5.97 Å². The van der Waals surface area contributed by atoms with Gasteiger partial charge in [0.05, 0.1) is 5.92 Å².